The summed E-state index contributed by atoms with van der Waals surface area (Å²) in [6, 6.07) is 6.26. The SMILES string of the molecule is CCCN(C(=O)CN)c1c(CC)cccc1CC. The number of nitrogens with two attached hydrogens (primary N) is 1. The number of carbonyl (C=O) groups excluding carboxylic acids is 1. The lowest BCUT2D eigenvalue weighted by molar-refractivity contribution is -0.117. The summed E-state index contributed by atoms with van der Waals surface area (Å²) in [5, 5.41) is 0. The van der Waals surface area contributed by atoms with Crippen LogP contribution in [0.1, 0.15) is 38.3 Å². The molecule has 0 atom stereocenters. The lowest BCUT2D eigenvalue weighted by atomic mass is 10.0. The van der Waals surface area contributed by atoms with Gasteiger partial charge in [-0.3, -0.25) is 4.79 Å². The largest absolute Gasteiger partial charge is 0.322 e. The standard InChI is InChI=1S/C15H24N2O/c1-4-10-17(14(18)11-16)15-12(5-2)8-7-9-13(15)6-3/h7-9H,4-6,10-11,16H2,1-3H3. The Kier molecular flexibility index (Phi) is 5.86. The molecule has 2 N–H and O–H groups in total. The van der Waals surface area contributed by atoms with Gasteiger partial charge in [0.2, 0.25) is 5.91 Å². The fourth-order valence-corrected chi connectivity index (χ4v) is 2.26. The Bertz CT molecular complexity index is 379. The first-order valence-corrected chi connectivity index (χ1v) is 6.80. The third kappa shape index (κ3) is 3.10. The summed E-state index contributed by atoms with van der Waals surface area (Å²) >= 11 is 0. The smallest absolute Gasteiger partial charge is 0.240 e. The van der Waals surface area contributed by atoms with E-state index in [4.69, 9.17) is 5.73 Å². The molecule has 0 saturated heterocycles. The summed E-state index contributed by atoms with van der Waals surface area (Å²) in [5.41, 5.74) is 9.07. The van der Waals surface area contributed by atoms with Gasteiger partial charge in [-0.05, 0) is 30.4 Å². The minimum absolute atomic E-state index is 0.00690. The molecule has 100 valence electrons. The molecule has 1 aromatic rings. The maximum atomic E-state index is 12.0. The van der Waals surface area contributed by atoms with E-state index in [9.17, 15) is 4.79 Å². The molecule has 1 rings (SSSR count). The zero-order chi connectivity index (χ0) is 13.5. The highest BCUT2D eigenvalue weighted by Crippen LogP contribution is 2.27. The van der Waals surface area contributed by atoms with Crippen molar-refractivity contribution in [2.24, 2.45) is 5.73 Å². The van der Waals surface area contributed by atoms with Gasteiger partial charge in [0.1, 0.15) is 0 Å². The molecular formula is C15H24N2O. The third-order valence-electron chi connectivity index (χ3n) is 3.16. The van der Waals surface area contributed by atoms with E-state index in [0.29, 0.717) is 0 Å². The topological polar surface area (TPSA) is 46.3 Å². The van der Waals surface area contributed by atoms with Crippen molar-refractivity contribution in [1.29, 1.82) is 0 Å². The summed E-state index contributed by atoms with van der Waals surface area (Å²) < 4.78 is 0. The highest BCUT2D eigenvalue weighted by molar-refractivity contribution is 5.96. The molecular weight excluding hydrogens is 224 g/mol. The number of benzene rings is 1. The number of anilines is 1. The summed E-state index contributed by atoms with van der Waals surface area (Å²) in [6.07, 6.45) is 2.80. The lowest BCUT2D eigenvalue weighted by Crippen LogP contribution is -2.37. The Morgan fingerprint density at radius 2 is 1.72 bits per heavy atom. The molecule has 0 unspecified atom stereocenters. The van der Waals surface area contributed by atoms with Crippen LogP contribution >= 0.6 is 0 Å². The molecule has 0 spiro atoms. The zero-order valence-corrected chi connectivity index (χ0v) is 11.7. The fraction of sp³-hybridized carbons (Fsp3) is 0.533. The van der Waals surface area contributed by atoms with E-state index in [1.807, 2.05) is 4.90 Å². The van der Waals surface area contributed by atoms with Gasteiger partial charge in [-0.15, -0.1) is 0 Å². The normalized spacial score (nSPS) is 10.4. The van der Waals surface area contributed by atoms with Gasteiger partial charge in [0.15, 0.2) is 0 Å². The Labute approximate surface area is 110 Å². The summed E-state index contributed by atoms with van der Waals surface area (Å²) in [4.78, 5) is 13.9. The molecule has 0 bridgehead atoms. The number of amides is 1. The van der Waals surface area contributed by atoms with Crippen molar-refractivity contribution in [1.82, 2.24) is 0 Å². The van der Waals surface area contributed by atoms with Gasteiger partial charge in [0.25, 0.3) is 0 Å². The number of aryl methyl sites for hydroxylation is 2. The van der Waals surface area contributed by atoms with Crippen LogP contribution in [0.2, 0.25) is 0 Å². The molecule has 0 aliphatic rings. The molecule has 1 amide bonds. The number of nitrogens with zero attached hydrogens (tertiary/aromatic N) is 1. The Morgan fingerprint density at radius 1 is 1.17 bits per heavy atom. The third-order valence-corrected chi connectivity index (χ3v) is 3.16. The summed E-state index contributed by atoms with van der Waals surface area (Å²) in [6.45, 7) is 7.13. The number of para-hydroxylation sites is 1. The maximum absolute atomic E-state index is 12.0. The van der Waals surface area contributed by atoms with Crippen LogP contribution in [0.4, 0.5) is 5.69 Å². The second kappa shape index (κ2) is 7.17. The van der Waals surface area contributed by atoms with Gasteiger partial charge in [-0.2, -0.15) is 0 Å². The van der Waals surface area contributed by atoms with Crippen molar-refractivity contribution in [3.8, 4) is 0 Å². The monoisotopic (exact) mass is 248 g/mol. The van der Waals surface area contributed by atoms with Crippen molar-refractivity contribution in [3.05, 3.63) is 29.3 Å². The second-order valence-corrected chi connectivity index (χ2v) is 4.38. The van der Waals surface area contributed by atoms with E-state index < -0.39 is 0 Å². The van der Waals surface area contributed by atoms with Crippen LogP contribution in [0.3, 0.4) is 0 Å². The number of hydrogen-bond acceptors (Lipinski definition) is 2. The molecule has 1 aromatic carbocycles. The summed E-state index contributed by atoms with van der Waals surface area (Å²) in [7, 11) is 0. The maximum Gasteiger partial charge on any atom is 0.240 e. The zero-order valence-electron chi connectivity index (χ0n) is 11.7. The number of rotatable bonds is 6. The molecule has 0 heterocycles. The summed E-state index contributed by atoms with van der Waals surface area (Å²) in [5.74, 6) is 0.00690. The fourth-order valence-electron chi connectivity index (χ4n) is 2.26. The van der Waals surface area contributed by atoms with E-state index in [1.165, 1.54) is 11.1 Å². The average molecular weight is 248 g/mol. The molecule has 3 heteroatoms. The second-order valence-electron chi connectivity index (χ2n) is 4.38. The van der Waals surface area contributed by atoms with Crippen LogP contribution in [-0.4, -0.2) is 19.0 Å². The highest BCUT2D eigenvalue weighted by atomic mass is 16.2. The van der Waals surface area contributed by atoms with Gasteiger partial charge in [0.05, 0.1) is 12.2 Å². The Balaban J connectivity index is 3.28. The highest BCUT2D eigenvalue weighted by Gasteiger charge is 2.18. The molecule has 0 aliphatic carbocycles. The molecule has 0 aromatic heterocycles. The predicted molar refractivity (Wildman–Crippen MR) is 76.9 cm³/mol. The van der Waals surface area contributed by atoms with Crippen molar-refractivity contribution in [3.63, 3.8) is 0 Å². The van der Waals surface area contributed by atoms with Crippen LogP contribution < -0.4 is 10.6 Å². The number of hydrogen-bond donors (Lipinski definition) is 1. The van der Waals surface area contributed by atoms with Gasteiger partial charge >= 0.3 is 0 Å². The van der Waals surface area contributed by atoms with Gasteiger partial charge in [-0.1, -0.05) is 39.0 Å². The van der Waals surface area contributed by atoms with E-state index in [1.54, 1.807) is 0 Å². The molecule has 0 saturated carbocycles. The average Bonchev–Trinajstić information content (AvgIpc) is 2.43. The van der Waals surface area contributed by atoms with Crippen LogP contribution in [0.25, 0.3) is 0 Å². The quantitative estimate of drug-likeness (QED) is 0.841. The van der Waals surface area contributed by atoms with Crippen molar-refractivity contribution in [2.75, 3.05) is 18.0 Å². The molecule has 0 fully saturated rings. The Hall–Kier alpha value is -1.35. The van der Waals surface area contributed by atoms with E-state index in [-0.39, 0.29) is 12.5 Å². The first-order chi connectivity index (χ1) is 8.69. The first-order valence-electron chi connectivity index (χ1n) is 6.80. The van der Waals surface area contributed by atoms with Crippen molar-refractivity contribution < 1.29 is 4.79 Å². The molecule has 3 nitrogen and oxygen atoms in total. The van der Waals surface area contributed by atoms with Gasteiger partial charge < -0.3 is 10.6 Å². The molecule has 0 radical (unpaired) electrons. The van der Waals surface area contributed by atoms with Crippen LogP contribution in [0.5, 0.6) is 0 Å². The minimum atomic E-state index is 0.00690. The molecule has 0 aliphatic heterocycles. The van der Waals surface area contributed by atoms with E-state index in [2.05, 4.69) is 39.0 Å². The van der Waals surface area contributed by atoms with E-state index >= 15 is 0 Å². The van der Waals surface area contributed by atoms with Crippen molar-refractivity contribution >= 4 is 11.6 Å². The number of carbonyl (C=O) groups is 1. The van der Waals surface area contributed by atoms with E-state index in [0.717, 1.165) is 31.5 Å². The molecule has 18 heavy (non-hydrogen) atoms. The first kappa shape index (κ1) is 14.7. The van der Waals surface area contributed by atoms with Gasteiger partial charge in [0, 0.05) is 6.54 Å². The van der Waals surface area contributed by atoms with Crippen LogP contribution in [-0.2, 0) is 17.6 Å². The van der Waals surface area contributed by atoms with Crippen LogP contribution in [0, 0.1) is 0 Å². The minimum Gasteiger partial charge on any atom is -0.322 e. The Morgan fingerprint density at radius 3 is 2.11 bits per heavy atom. The predicted octanol–water partition coefficient (Wildman–Crippen LogP) is 2.51. The lowest BCUT2D eigenvalue weighted by Gasteiger charge is -2.27. The van der Waals surface area contributed by atoms with Crippen LogP contribution in [0.15, 0.2) is 18.2 Å². The van der Waals surface area contributed by atoms with Crippen molar-refractivity contribution in [2.45, 2.75) is 40.0 Å². The van der Waals surface area contributed by atoms with Gasteiger partial charge in [-0.25, -0.2) is 0 Å².